The topological polar surface area (TPSA) is 0 Å². The van der Waals surface area contributed by atoms with Crippen LogP contribution in [0.15, 0.2) is 346 Å². The second-order valence-corrected chi connectivity index (χ2v) is 45.4. The van der Waals surface area contributed by atoms with Gasteiger partial charge in [-0.1, -0.05) is 351 Å². The van der Waals surface area contributed by atoms with Crippen molar-refractivity contribution in [3.8, 4) is 134 Å². The summed E-state index contributed by atoms with van der Waals surface area (Å²) in [6.45, 7) is 23.9. The molecule has 0 saturated heterocycles. The van der Waals surface area contributed by atoms with Crippen molar-refractivity contribution < 1.29 is 0 Å². The van der Waals surface area contributed by atoms with Gasteiger partial charge in [-0.25, -0.2) is 0 Å². The SMILES string of the molecule is Cc1cc(-c2ccc(-c3cc(CP)c(CP)cc3C)cc2)ccc1P.Cc1cc(-c2ccc(-c3ccc(CP)c(CP)c3)c(C)c2)ccc1P.Cc1cc(-c2ccc(-c3ccc(CP)c(CP)c3)c(C)c2)ccc1P.Cc1cc(-c2ccc(-c3ccc(CP)c(CP)c3)cc2)ccc1P.Cc1cc(-c2ccc(P)cc2)ccc1-c1ccc(CP)c(CP)c1.Cc1ccc(-c2ccc(-c3ccc(P)cc3C)cc2)c(C)c1. The first-order valence-electron chi connectivity index (χ1n) is 49.4. The summed E-state index contributed by atoms with van der Waals surface area (Å²) in [5.74, 6) is 0. The monoisotopic (exact) mass is 2190 g/mol. The summed E-state index contributed by atoms with van der Waals surface area (Å²) in [5.41, 5.74) is 59.5. The zero-order valence-corrected chi connectivity index (χ0v) is 104. The fourth-order valence-electron chi connectivity index (χ4n) is 18.5. The molecule has 0 aromatic heterocycles. The van der Waals surface area contributed by atoms with E-state index in [9.17, 15) is 0 Å². The van der Waals surface area contributed by atoms with Gasteiger partial charge in [0.15, 0.2) is 0 Å². The Morgan fingerprint density at radius 2 is 0.310 bits per heavy atom. The van der Waals surface area contributed by atoms with Crippen molar-refractivity contribution in [1.29, 1.82) is 0 Å². The highest BCUT2D eigenvalue weighted by atomic mass is 31.0. The fraction of sp³-hybridized carbons (Fsp3) is 0.163. The maximum Gasteiger partial charge on any atom is -0.0125 e. The van der Waals surface area contributed by atoms with Gasteiger partial charge in [-0.15, -0.1) is 148 Å². The molecule has 16 heteroatoms. The molecule has 0 nitrogen and oxygen atoms in total. The van der Waals surface area contributed by atoms with Crippen molar-refractivity contribution in [2.24, 2.45) is 0 Å². The molecule has 18 aromatic rings. The van der Waals surface area contributed by atoms with Gasteiger partial charge in [-0.3, -0.25) is 0 Å². The third-order valence-corrected chi connectivity index (χ3v) is 35.1. The third-order valence-electron chi connectivity index (χ3n) is 27.4. The van der Waals surface area contributed by atoms with Crippen molar-refractivity contribution in [3.63, 3.8) is 0 Å². The lowest BCUT2D eigenvalue weighted by atomic mass is 9.93. The van der Waals surface area contributed by atoms with Gasteiger partial charge in [0.1, 0.15) is 0 Å². The Morgan fingerprint density at radius 3 is 0.600 bits per heavy atom. The van der Waals surface area contributed by atoms with Crippen LogP contribution in [0.4, 0.5) is 0 Å². The minimum absolute atomic E-state index is 0.995. The van der Waals surface area contributed by atoms with Gasteiger partial charge in [0, 0.05) is 0 Å². The summed E-state index contributed by atoms with van der Waals surface area (Å²) < 4.78 is 0. The normalized spacial score (nSPS) is 10.9. The van der Waals surface area contributed by atoms with Crippen LogP contribution >= 0.6 is 148 Å². The second-order valence-electron chi connectivity index (χ2n) is 37.5. The zero-order valence-electron chi connectivity index (χ0n) is 85.7. The molecule has 0 aliphatic heterocycles. The van der Waals surface area contributed by atoms with Gasteiger partial charge in [0.05, 0.1) is 0 Å². The molecule has 18 rings (SSSR count). The van der Waals surface area contributed by atoms with Crippen LogP contribution in [0.1, 0.15) is 117 Å². The minimum Gasteiger partial charge on any atom is -0.133 e. The smallest absolute Gasteiger partial charge is 0.0125 e. The highest BCUT2D eigenvalue weighted by Gasteiger charge is 2.17. The molecule has 16 atom stereocenters. The molecule has 0 radical (unpaired) electrons. The van der Waals surface area contributed by atoms with Crippen molar-refractivity contribution in [3.05, 3.63) is 463 Å². The highest BCUT2D eigenvalue weighted by Crippen LogP contribution is 2.40. The van der Waals surface area contributed by atoms with Crippen LogP contribution in [-0.4, -0.2) is 0 Å². The molecular weight excluding hydrogens is 2050 g/mol. The molecule has 0 bridgehead atoms. The Balaban J connectivity index is 0.000000146. The summed E-state index contributed by atoms with van der Waals surface area (Å²) in [4.78, 5) is 0. The summed E-state index contributed by atoms with van der Waals surface area (Å²) in [6.07, 6.45) is 10.0. The van der Waals surface area contributed by atoms with Gasteiger partial charge < -0.3 is 0 Å². The van der Waals surface area contributed by atoms with Crippen LogP contribution in [0.3, 0.4) is 0 Å². The van der Waals surface area contributed by atoms with E-state index >= 15 is 0 Å². The van der Waals surface area contributed by atoms with E-state index in [0.29, 0.717) is 0 Å². The molecule has 0 aliphatic carbocycles. The van der Waals surface area contributed by atoms with Crippen molar-refractivity contribution in [2.45, 2.75) is 138 Å². The van der Waals surface area contributed by atoms with Gasteiger partial charge in [-0.05, 0) is 414 Å². The molecule has 0 saturated carbocycles. The fourth-order valence-corrected chi connectivity index (χ4v) is 23.6. The summed E-state index contributed by atoms with van der Waals surface area (Å²) in [5, 5.41) is 7.48. The van der Waals surface area contributed by atoms with Crippen LogP contribution in [0.2, 0.25) is 0 Å². The first-order valence-corrected chi connectivity index (χ1v) is 61.0. The van der Waals surface area contributed by atoms with E-state index in [0.717, 1.165) is 61.6 Å². The zero-order chi connectivity index (χ0) is 104. The average Bonchev–Trinajstić information content (AvgIpc) is 0.808. The molecule has 738 valence electrons. The quantitative estimate of drug-likeness (QED) is 0.0593. The first kappa shape index (κ1) is 115. The lowest BCUT2D eigenvalue weighted by Crippen LogP contribution is -1.96. The molecular formula is C129H142P16. The molecule has 145 heavy (non-hydrogen) atoms. The predicted octanol–water partition coefficient (Wildman–Crippen LogP) is 34.3. The Labute approximate surface area is 905 Å². The maximum absolute atomic E-state index is 2.85. The van der Waals surface area contributed by atoms with Crippen LogP contribution in [0, 0.1) is 76.2 Å². The van der Waals surface area contributed by atoms with Gasteiger partial charge in [0.2, 0.25) is 0 Å². The number of benzene rings is 18. The Kier molecular flexibility index (Phi) is 44.2. The van der Waals surface area contributed by atoms with Crippen LogP contribution in [0.25, 0.3) is 134 Å². The van der Waals surface area contributed by atoms with Gasteiger partial charge >= 0.3 is 0 Å². The highest BCUT2D eigenvalue weighted by molar-refractivity contribution is 7.28. The third kappa shape index (κ3) is 30.5. The number of hydrogen-bond donors (Lipinski definition) is 0. The second kappa shape index (κ2) is 55.7. The van der Waals surface area contributed by atoms with E-state index in [1.165, 1.54) is 282 Å². The standard InChI is InChI=1S/3C22H25P3.2C21H23P3.C21H21P/c1-14-9-19(12-23)20(13-24)11-21(14)17-5-3-16(4-6-17)18-7-8-22(25)15(2)10-18;2*1-14-9-16(17-6-8-22(25)15(2)10-17)5-7-21(14)18-3-4-19(12-23)20(11-18)13-24;1-14-10-17(8-9-21(14)24)15-2-4-16(5-3-15)18-6-7-19(12-22)20(11-18)13-23;1-14-10-16(15-4-7-20(24)8-5-15)6-9-21(14)17-2-3-18(12-22)19(11-17)13-23;1-14-4-10-20(15(2)12-14)17-5-7-18(8-6-17)21-11-9-19(22)13-16(21)3/h3*3-11H,12-13,23-25H2,1-2H3;2*2-11H,12-13,22-24H2,1H3;4-13H,22H2,1-3H3. The van der Waals surface area contributed by atoms with E-state index in [2.05, 4.69) is 570 Å². The van der Waals surface area contributed by atoms with E-state index in [1.54, 1.807) is 0 Å². The average molecular weight is 2190 g/mol. The van der Waals surface area contributed by atoms with Crippen LogP contribution < -0.4 is 31.8 Å². The molecule has 0 fully saturated rings. The molecule has 0 spiro atoms. The Morgan fingerprint density at radius 1 is 0.124 bits per heavy atom. The molecule has 0 N–H and O–H groups in total. The van der Waals surface area contributed by atoms with Crippen molar-refractivity contribution in [2.75, 3.05) is 0 Å². The Bertz CT molecular complexity index is 7320. The van der Waals surface area contributed by atoms with Gasteiger partial charge in [0.25, 0.3) is 0 Å². The van der Waals surface area contributed by atoms with E-state index in [-0.39, 0.29) is 0 Å². The van der Waals surface area contributed by atoms with Crippen LogP contribution in [-0.2, 0) is 61.6 Å². The predicted molar refractivity (Wildman–Crippen MR) is 706 cm³/mol. The van der Waals surface area contributed by atoms with Crippen molar-refractivity contribution >= 4 is 180 Å². The van der Waals surface area contributed by atoms with Gasteiger partial charge in [-0.2, -0.15) is 0 Å². The minimum atomic E-state index is 0.995. The van der Waals surface area contributed by atoms with Crippen molar-refractivity contribution in [1.82, 2.24) is 0 Å². The Hall–Kier alpha value is -7.16. The van der Waals surface area contributed by atoms with E-state index < -0.39 is 0 Å². The molecule has 0 amide bonds. The lowest BCUT2D eigenvalue weighted by molar-refractivity contribution is 1.26. The summed E-state index contributed by atoms with van der Waals surface area (Å²) in [7, 11) is 45.0. The summed E-state index contributed by atoms with van der Waals surface area (Å²) in [6, 6.07) is 127. The maximum atomic E-state index is 2.85. The van der Waals surface area contributed by atoms with E-state index in [1.807, 2.05) is 0 Å². The number of aryl methyl sites for hydroxylation is 11. The molecule has 0 heterocycles. The van der Waals surface area contributed by atoms with Crippen LogP contribution in [0.5, 0.6) is 0 Å². The molecule has 16 unspecified atom stereocenters. The first-order chi connectivity index (χ1) is 69.9. The molecule has 0 aliphatic rings. The van der Waals surface area contributed by atoms with E-state index in [4.69, 9.17) is 0 Å². The number of hydrogen-bond acceptors (Lipinski definition) is 0. The largest absolute Gasteiger partial charge is 0.133 e. The lowest BCUT2D eigenvalue weighted by Gasteiger charge is -2.14. The number of rotatable bonds is 22. The summed E-state index contributed by atoms with van der Waals surface area (Å²) >= 11 is 0. The molecule has 18 aromatic carbocycles.